The number of pyridine rings is 1. The number of halogens is 2. The third-order valence-electron chi connectivity index (χ3n) is 3.55. The van der Waals surface area contributed by atoms with E-state index in [0.717, 1.165) is 11.4 Å². The van der Waals surface area contributed by atoms with Gasteiger partial charge in [-0.25, -0.2) is 4.99 Å². The number of amidine groups is 1. The number of benzene rings is 2. The number of anilines is 1. The predicted molar refractivity (Wildman–Crippen MR) is 107 cm³/mol. The van der Waals surface area contributed by atoms with Crippen molar-refractivity contribution in [3.63, 3.8) is 0 Å². The first kappa shape index (κ1) is 18.1. The van der Waals surface area contributed by atoms with E-state index in [1.807, 2.05) is 60.7 Å². The van der Waals surface area contributed by atoms with Crippen LogP contribution >= 0.6 is 23.2 Å². The molecule has 0 radical (unpaired) electrons. The molecule has 0 bridgehead atoms. The van der Waals surface area contributed by atoms with Crippen molar-refractivity contribution in [1.82, 2.24) is 4.98 Å². The molecule has 0 fully saturated rings. The van der Waals surface area contributed by atoms with Gasteiger partial charge in [0.15, 0.2) is 5.78 Å². The number of hydrogen-bond donors (Lipinski definition) is 1. The molecule has 0 saturated carbocycles. The lowest BCUT2D eigenvalue weighted by Crippen LogP contribution is -2.17. The minimum Gasteiger partial charge on any atom is -0.343 e. The number of nitrogens with zero attached hydrogens (tertiary/aromatic N) is 2. The van der Waals surface area contributed by atoms with Crippen LogP contribution in [0.4, 0.5) is 11.4 Å². The molecular formula is C20H15Cl2N3O. The van der Waals surface area contributed by atoms with Crippen LogP contribution in [-0.2, 0) is 0 Å². The highest BCUT2D eigenvalue weighted by atomic mass is 35.5. The lowest BCUT2D eigenvalue weighted by molar-refractivity contribution is 0.100. The van der Waals surface area contributed by atoms with Crippen molar-refractivity contribution in [2.24, 2.45) is 4.99 Å². The summed E-state index contributed by atoms with van der Waals surface area (Å²) in [6.07, 6.45) is 2.85. The molecular weight excluding hydrogens is 369 g/mol. The second kappa shape index (κ2) is 8.61. The van der Waals surface area contributed by atoms with Gasteiger partial charge in [-0.15, -0.1) is 0 Å². The number of carbonyl (C=O) groups is 1. The van der Waals surface area contributed by atoms with Crippen LogP contribution in [-0.4, -0.2) is 16.6 Å². The van der Waals surface area contributed by atoms with Crippen LogP contribution in [0.15, 0.2) is 78.0 Å². The van der Waals surface area contributed by atoms with E-state index in [9.17, 15) is 4.79 Å². The lowest BCUT2D eigenvalue weighted by atomic mass is 10.1. The summed E-state index contributed by atoms with van der Waals surface area (Å²) < 4.78 is 0. The van der Waals surface area contributed by atoms with Gasteiger partial charge in [-0.1, -0.05) is 59.6 Å². The Balaban J connectivity index is 1.89. The number of carbonyl (C=O) groups excluding carboxylic acids is 1. The fourth-order valence-corrected chi connectivity index (χ4v) is 2.68. The van der Waals surface area contributed by atoms with Crippen molar-refractivity contribution in [3.8, 4) is 0 Å². The summed E-state index contributed by atoms with van der Waals surface area (Å²) in [4.78, 5) is 21.2. The highest BCUT2D eigenvalue weighted by molar-refractivity contribution is 6.44. The lowest BCUT2D eigenvalue weighted by Gasteiger charge is -2.11. The second-order valence-electron chi connectivity index (χ2n) is 5.47. The van der Waals surface area contributed by atoms with Gasteiger partial charge in [-0.3, -0.25) is 9.78 Å². The molecule has 3 aromatic rings. The van der Waals surface area contributed by atoms with Crippen molar-refractivity contribution < 1.29 is 4.79 Å². The van der Waals surface area contributed by atoms with E-state index in [4.69, 9.17) is 23.2 Å². The molecule has 130 valence electrons. The van der Waals surface area contributed by atoms with E-state index in [1.165, 1.54) is 12.4 Å². The second-order valence-corrected chi connectivity index (χ2v) is 6.25. The summed E-state index contributed by atoms with van der Waals surface area (Å²) in [5.41, 5.74) is 1.86. The van der Waals surface area contributed by atoms with Gasteiger partial charge in [-0.2, -0.15) is 0 Å². The van der Waals surface area contributed by atoms with Gasteiger partial charge in [0.2, 0.25) is 0 Å². The van der Waals surface area contributed by atoms with Gasteiger partial charge < -0.3 is 5.32 Å². The van der Waals surface area contributed by atoms with Crippen LogP contribution in [0.1, 0.15) is 16.8 Å². The van der Waals surface area contributed by atoms with Crippen molar-refractivity contribution in [2.75, 3.05) is 5.32 Å². The van der Waals surface area contributed by atoms with Crippen LogP contribution in [0, 0.1) is 0 Å². The van der Waals surface area contributed by atoms with Crippen LogP contribution in [0.5, 0.6) is 0 Å². The fraction of sp³-hybridized carbons (Fsp3) is 0.0500. The maximum absolute atomic E-state index is 12.7. The maximum atomic E-state index is 12.7. The van der Waals surface area contributed by atoms with E-state index in [-0.39, 0.29) is 27.8 Å². The van der Waals surface area contributed by atoms with Gasteiger partial charge in [0, 0.05) is 18.1 Å². The Morgan fingerprint density at radius 3 is 2.31 bits per heavy atom. The Morgan fingerprint density at radius 2 is 1.62 bits per heavy atom. The first-order chi connectivity index (χ1) is 12.6. The maximum Gasteiger partial charge on any atom is 0.173 e. The molecule has 1 aromatic heterocycles. The monoisotopic (exact) mass is 383 g/mol. The number of rotatable bonds is 5. The number of nitrogens with one attached hydrogen (secondary N) is 1. The van der Waals surface area contributed by atoms with Crippen LogP contribution < -0.4 is 5.32 Å². The van der Waals surface area contributed by atoms with Crippen LogP contribution in [0.3, 0.4) is 0 Å². The number of hydrogen-bond acceptors (Lipinski definition) is 3. The van der Waals surface area contributed by atoms with E-state index < -0.39 is 0 Å². The summed E-state index contributed by atoms with van der Waals surface area (Å²) in [5.74, 6) is 0.284. The van der Waals surface area contributed by atoms with Gasteiger partial charge in [0.05, 0.1) is 27.7 Å². The number of aromatic nitrogens is 1. The van der Waals surface area contributed by atoms with E-state index >= 15 is 0 Å². The molecule has 0 aliphatic carbocycles. The fourth-order valence-electron chi connectivity index (χ4n) is 2.32. The minimum atomic E-state index is -0.219. The smallest absolute Gasteiger partial charge is 0.173 e. The molecule has 0 spiro atoms. The number of para-hydroxylation sites is 2. The topological polar surface area (TPSA) is 54.4 Å². The molecule has 26 heavy (non-hydrogen) atoms. The first-order valence-corrected chi connectivity index (χ1v) is 8.66. The molecule has 1 N–H and O–H groups in total. The zero-order valence-corrected chi connectivity index (χ0v) is 15.2. The summed E-state index contributed by atoms with van der Waals surface area (Å²) in [5, 5.41) is 3.64. The van der Waals surface area contributed by atoms with Gasteiger partial charge in [0.25, 0.3) is 0 Å². The van der Waals surface area contributed by atoms with E-state index in [2.05, 4.69) is 15.3 Å². The zero-order chi connectivity index (χ0) is 18.4. The number of Topliss-reactive ketones (excluding diaryl/α,β-unsaturated/α-hetero) is 1. The van der Waals surface area contributed by atoms with Crippen molar-refractivity contribution in [1.29, 1.82) is 0 Å². The highest BCUT2D eigenvalue weighted by Crippen LogP contribution is 2.25. The average Bonchev–Trinajstić information content (AvgIpc) is 2.65. The average molecular weight is 384 g/mol. The van der Waals surface area contributed by atoms with Crippen molar-refractivity contribution in [3.05, 3.63) is 88.7 Å². The Kier molecular flexibility index (Phi) is 6.00. The summed E-state index contributed by atoms with van der Waals surface area (Å²) in [6.45, 7) is 0. The Bertz CT molecular complexity index is 928. The number of aliphatic imine (C=N–C) groups is 1. The normalized spacial score (nSPS) is 11.2. The molecule has 0 aliphatic rings. The molecule has 4 nitrogen and oxygen atoms in total. The predicted octanol–water partition coefficient (Wildman–Crippen LogP) is 5.80. The zero-order valence-electron chi connectivity index (χ0n) is 13.7. The Hall–Kier alpha value is -2.69. The van der Waals surface area contributed by atoms with Crippen molar-refractivity contribution >= 4 is 46.2 Å². The standard InChI is InChI=1S/C20H15Cl2N3O/c21-17-13-23-12-16(20(17)22)18(26)11-19(24-14-7-3-1-4-8-14)25-15-9-5-2-6-10-15/h1-10,12-13H,11H2,(H,24,25). The van der Waals surface area contributed by atoms with Crippen LogP contribution in [0.2, 0.25) is 10.0 Å². The summed E-state index contributed by atoms with van der Waals surface area (Å²) >= 11 is 12.1. The van der Waals surface area contributed by atoms with E-state index in [1.54, 1.807) is 0 Å². The molecule has 0 saturated heterocycles. The van der Waals surface area contributed by atoms with Gasteiger partial charge in [-0.05, 0) is 24.3 Å². The molecule has 0 atom stereocenters. The molecule has 0 amide bonds. The first-order valence-electron chi connectivity index (χ1n) is 7.90. The molecule has 3 rings (SSSR count). The highest BCUT2D eigenvalue weighted by Gasteiger charge is 2.16. The quantitative estimate of drug-likeness (QED) is 0.343. The SMILES string of the molecule is O=C(CC(=Nc1ccccc1)Nc1ccccc1)c1cncc(Cl)c1Cl. The summed E-state index contributed by atoms with van der Waals surface area (Å²) in [6, 6.07) is 18.9. The molecule has 1 heterocycles. The van der Waals surface area contributed by atoms with Gasteiger partial charge in [0.1, 0.15) is 5.84 Å². The third-order valence-corrected chi connectivity index (χ3v) is 4.34. The molecule has 6 heteroatoms. The van der Waals surface area contributed by atoms with Crippen molar-refractivity contribution in [2.45, 2.75) is 6.42 Å². The van der Waals surface area contributed by atoms with Crippen LogP contribution in [0.25, 0.3) is 0 Å². The number of ketones is 1. The minimum absolute atomic E-state index is 0.0333. The largest absolute Gasteiger partial charge is 0.343 e. The molecule has 0 aliphatic heterocycles. The van der Waals surface area contributed by atoms with Gasteiger partial charge >= 0.3 is 0 Å². The molecule has 2 aromatic carbocycles. The third kappa shape index (κ3) is 4.69. The summed E-state index contributed by atoms with van der Waals surface area (Å²) in [7, 11) is 0. The Morgan fingerprint density at radius 1 is 0.962 bits per heavy atom. The van der Waals surface area contributed by atoms with E-state index in [0.29, 0.717) is 5.84 Å². The Labute approximate surface area is 161 Å². The molecule has 0 unspecified atom stereocenters.